The molecular formula is C9H13N5S. The lowest BCUT2D eigenvalue weighted by Crippen LogP contribution is -2.04. The molecule has 0 amide bonds. The highest BCUT2D eigenvalue weighted by Crippen LogP contribution is 1.99. The summed E-state index contributed by atoms with van der Waals surface area (Å²) in [7, 11) is 0. The van der Waals surface area contributed by atoms with E-state index in [0.29, 0.717) is 0 Å². The van der Waals surface area contributed by atoms with E-state index >= 15 is 0 Å². The van der Waals surface area contributed by atoms with Crippen LogP contribution in [0.5, 0.6) is 0 Å². The average Bonchev–Trinajstić information content (AvgIpc) is 2.77. The van der Waals surface area contributed by atoms with Crippen LogP contribution >= 0.6 is 12.2 Å². The van der Waals surface area contributed by atoms with Gasteiger partial charge in [-0.05, 0) is 25.6 Å². The van der Waals surface area contributed by atoms with E-state index in [0.717, 1.165) is 30.0 Å². The lowest BCUT2D eigenvalue weighted by atomic mass is 10.4. The molecule has 0 aliphatic rings. The topological polar surface area (TPSA) is 51.4 Å². The van der Waals surface area contributed by atoms with Crippen molar-refractivity contribution in [2.24, 2.45) is 0 Å². The van der Waals surface area contributed by atoms with Crippen molar-refractivity contribution in [3.63, 3.8) is 0 Å². The number of aromatic amines is 1. The van der Waals surface area contributed by atoms with Crippen molar-refractivity contribution in [2.75, 3.05) is 0 Å². The van der Waals surface area contributed by atoms with Crippen molar-refractivity contribution in [2.45, 2.75) is 26.4 Å². The van der Waals surface area contributed by atoms with Crippen LogP contribution in [0.3, 0.4) is 0 Å². The number of H-pyrrole nitrogens is 1. The van der Waals surface area contributed by atoms with Crippen LogP contribution < -0.4 is 0 Å². The summed E-state index contributed by atoms with van der Waals surface area (Å²) in [6.07, 6.45) is 6.58. The summed E-state index contributed by atoms with van der Waals surface area (Å²) in [6.45, 7) is 3.78. The van der Waals surface area contributed by atoms with Gasteiger partial charge in [0, 0.05) is 31.2 Å². The molecule has 80 valence electrons. The molecule has 2 rings (SSSR count). The van der Waals surface area contributed by atoms with E-state index in [2.05, 4.69) is 15.3 Å². The smallest absolute Gasteiger partial charge is 0.177 e. The Morgan fingerprint density at radius 3 is 2.93 bits per heavy atom. The molecule has 2 aromatic rings. The maximum atomic E-state index is 5.16. The normalized spacial score (nSPS) is 10.7. The zero-order valence-electron chi connectivity index (χ0n) is 8.55. The lowest BCUT2D eigenvalue weighted by molar-refractivity contribution is 0.512. The van der Waals surface area contributed by atoms with Gasteiger partial charge in [0.2, 0.25) is 0 Å². The Morgan fingerprint density at radius 2 is 2.33 bits per heavy atom. The van der Waals surface area contributed by atoms with E-state index in [1.54, 1.807) is 6.20 Å². The van der Waals surface area contributed by atoms with E-state index < -0.39 is 0 Å². The maximum absolute atomic E-state index is 5.16. The first-order chi connectivity index (χ1) is 7.25. The lowest BCUT2D eigenvalue weighted by Gasteiger charge is -2.01. The molecule has 0 fully saturated rings. The highest BCUT2D eigenvalue weighted by atomic mass is 32.1. The van der Waals surface area contributed by atoms with Gasteiger partial charge in [-0.2, -0.15) is 0 Å². The minimum absolute atomic E-state index is 0.783. The molecule has 2 aromatic heterocycles. The van der Waals surface area contributed by atoms with E-state index in [-0.39, 0.29) is 0 Å². The minimum atomic E-state index is 0.783. The molecule has 0 atom stereocenters. The Balaban J connectivity index is 1.89. The van der Waals surface area contributed by atoms with Gasteiger partial charge >= 0.3 is 0 Å². The molecule has 15 heavy (non-hydrogen) atoms. The molecule has 0 aromatic carbocycles. The molecule has 0 unspecified atom stereocenters. The molecule has 0 bridgehead atoms. The Kier molecular flexibility index (Phi) is 2.96. The zero-order valence-corrected chi connectivity index (χ0v) is 9.37. The van der Waals surface area contributed by atoms with Gasteiger partial charge < -0.3 is 9.55 Å². The second-order valence-corrected chi connectivity index (χ2v) is 3.84. The maximum Gasteiger partial charge on any atom is 0.177 e. The fourth-order valence-corrected chi connectivity index (χ4v) is 1.79. The van der Waals surface area contributed by atoms with E-state index in [1.165, 1.54) is 0 Å². The molecule has 2 heterocycles. The number of nitrogens with zero attached hydrogens (tertiary/aromatic N) is 4. The number of hydrogen-bond donors (Lipinski definition) is 1. The number of hydrogen-bond acceptors (Lipinski definition) is 3. The molecule has 0 spiro atoms. The summed E-state index contributed by atoms with van der Waals surface area (Å²) < 4.78 is 4.65. The highest BCUT2D eigenvalue weighted by Gasteiger charge is 1.97. The average molecular weight is 223 g/mol. The molecule has 1 N–H and O–H groups in total. The van der Waals surface area contributed by atoms with Crippen LogP contribution in [0.15, 0.2) is 18.6 Å². The summed E-state index contributed by atoms with van der Waals surface area (Å²) in [5, 5.41) is 7.65. The van der Waals surface area contributed by atoms with Crippen molar-refractivity contribution in [3.8, 4) is 0 Å². The first kappa shape index (κ1) is 10.1. The van der Waals surface area contributed by atoms with Crippen LogP contribution in [0.2, 0.25) is 0 Å². The van der Waals surface area contributed by atoms with Gasteiger partial charge in [-0.3, -0.25) is 4.68 Å². The van der Waals surface area contributed by atoms with E-state index in [4.69, 9.17) is 12.2 Å². The molecular weight excluding hydrogens is 210 g/mol. The second-order valence-electron chi connectivity index (χ2n) is 3.46. The highest BCUT2D eigenvalue weighted by molar-refractivity contribution is 7.71. The van der Waals surface area contributed by atoms with Gasteiger partial charge in [-0.25, -0.2) is 0 Å². The van der Waals surface area contributed by atoms with Gasteiger partial charge in [-0.15, -0.1) is 5.10 Å². The Labute approximate surface area is 92.7 Å². The monoisotopic (exact) mass is 223 g/mol. The third-order valence-corrected chi connectivity index (χ3v) is 2.51. The van der Waals surface area contributed by atoms with Gasteiger partial charge in [0.15, 0.2) is 4.77 Å². The molecule has 0 saturated carbocycles. The largest absolute Gasteiger partial charge is 0.335 e. The van der Waals surface area contributed by atoms with Crippen LogP contribution in [-0.4, -0.2) is 24.5 Å². The van der Waals surface area contributed by atoms with Crippen LogP contribution in [0.25, 0.3) is 0 Å². The van der Waals surface area contributed by atoms with Crippen molar-refractivity contribution in [3.05, 3.63) is 29.1 Å². The molecule has 0 aliphatic heterocycles. The Hall–Kier alpha value is -1.43. The van der Waals surface area contributed by atoms with Crippen molar-refractivity contribution in [1.82, 2.24) is 24.5 Å². The van der Waals surface area contributed by atoms with E-state index in [1.807, 2.05) is 28.6 Å². The summed E-state index contributed by atoms with van der Waals surface area (Å²) in [6, 6.07) is 0. The van der Waals surface area contributed by atoms with Crippen LogP contribution in [-0.2, 0) is 13.1 Å². The molecule has 0 aliphatic carbocycles. The third kappa shape index (κ3) is 2.53. The van der Waals surface area contributed by atoms with Crippen molar-refractivity contribution >= 4 is 12.2 Å². The summed E-state index contributed by atoms with van der Waals surface area (Å²) in [5.41, 5.74) is 1.10. The standard InChI is InChI=1S/C9H13N5S/c1-8-7-13(9(15)11-8)4-2-5-14-6-3-10-12-14/h3,6-7H,2,4-5H2,1H3,(H,11,15). The first-order valence-corrected chi connectivity index (χ1v) is 5.27. The zero-order chi connectivity index (χ0) is 10.7. The molecule has 0 saturated heterocycles. The van der Waals surface area contributed by atoms with E-state index in [9.17, 15) is 0 Å². The quantitative estimate of drug-likeness (QED) is 0.800. The second kappa shape index (κ2) is 4.39. The Morgan fingerprint density at radius 1 is 1.47 bits per heavy atom. The number of nitrogens with one attached hydrogen (secondary N) is 1. The predicted molar refractivity (Wildman–Crippen MR) is 59.0 cm³/mol. The predicted octanol–water partition coefficient (Wildman–Crippen LogP) is 1.54. The number of aryl methyl sites for hydroxylation is 3. The van der Waals surface area contributed by atoms with Gasteiger partial charge in [0.1, 0.15) is 0 Å². The van der Waals surface area contributed by atoms with Crippen LogP contribution in [0.4, 0.5) is 0 Å². The van der Waals surface area contributed by atoms with Crippen molar-refractivity contribution < 1.29 is 0 Å². The molecule has 5 nitrogen and oxygen atoms in total. The minimum Gasteiger partial charge on any atom is -0.335 e. The van der Waals surface area contributed by atoms with Gasteiger partial charge in [0.05, 0.1) is 6.20 Å². The first-order valence-electron chi connectivity index (χ1n) is 4.86. The summed E-state index contributed by atoms with van der Waals surface area (Å²) in [5.74, 6) is 0. The fraction of sp³-hybridized carbons (Fsp3) is 0.444. The van der Waals surface area contributed by atoms with Gasteiger partial charge in [0.25, 0.3) is 0 Å². The van der Waals surface area contributed by atoms with Crippen LogP contribution in [0, 0.1) is 11.7 Å². The number of imidazole rings is 1. The molecule has 0 radical (unpaired) electrons. The fourth-order valence-electron chi connectivity index (χ4n) is 1.49. The molecule has 6 heteroatoms. The number of aromatic nitrogens is 5. The van der Waals surface area contributed by atoms with Crippen molar-refractivity contribution in [1.29, 1.82) is 0 Å². The third-order valence-electron chi connectivity index (χ3n) is 2.17. The van der Waals surface area contributed by atoms with Gasteiger partial charge in [-0.1, -0.05) is 5.21 Å². The SMILES string of the molecule is Cc1cn(CCCn2ccnn2)c(=S)[nH]1. The Bertz CT molecular complexity index is 467. The number of rotatable bonds is 4. The van der Waals surface area contributed by atoms with Crippen LogP contribution in [0.1, 0.15) is 12.1 Å². The summed E-state index contributed by atoms with van der Waals surface area (Å²) >= 11 is 5.16. The summed E-state index contributed by atoms with van der Waals surface area (Å²) in [4.78, 5) is 3.09.